The van der Waals surface area contributed by atoms with Crippen molar-refractivity contribution in [3.05, 3.63) is 57.7 Å². The van der Waals surface area contributed by atoms with Crippen LogP contribution >= 0.6 is 27.5 Å². The summed E-state index contributed by atoms with van der Waals surface area (Å²) < 4.78 is 0.979. The highest BCUT2D eigenvalue weighted by Crippen LogP contribution is 2.27. The highest BCUT2D eigenvalue weighted by atomic mass is 79.9. The number of fused-ring (bicyclic) bond motifs is 1. The number of hydrogen-bond acceptors (Lipinski definition) is 2. The van der Waals surface area contributed by atoms with Gasteiger partial charge in [0.05, 0.1) is 5.52 Å². The van der Waals surface area contributed by atoms with Crippen molar-refractivity contribution >= 4 is 38.4 Å². The standard InChI is InChI=1S/C16H12BrClN2/c1-2-10-3-5-11(6-4-10)16-19-14-9-12(17)7-8-13(14)15(18)20-16/h3-9H,2H2,1H3. The van der Waals surface area contributed by atoms with Crippen LogP contribution in [0.2, 0.25) is 5.15 Å². The first-order valence-electron chi connectivity index (χ1n) is 6.39. The third-order valence-corrected chi connectivity index (χ3v) is 4.01. The molecule has 0 unspecified atom stereocenters. The van der Waals surface area contributed by atoms with Gasteiger partial charge in [0.25, 0.3) is 0 Å². The number of aromatic nitrogens is 2. The predicted octanol–water partition coefficient (Wildman–Crippen LogP) is 5.28. The molecule has 0 spiro atoms. The third kappa shape index (κ3) is 2.56. The molecule has 1 heterocycles. The zero-order valence-electron chi connectivity index (χ0n) is 10.9. The van der Waals surface area contributed by atoms with Crippen molar-refractivity contribution in [1.29, 1.82) is 0 Å². The minimum atomic E-state index is 0.483. The van der Waals surface area contributed by atoms with E-state index in [0.29, 0.717) is 11.0 Å². The molecule has 2 aromatic carbocycles. The van der Waals surface area contributed by atoms with E-state index in [1.807, 2.05) is 30.3 Å². The molecule has 4 heteroatoms. The molecule has 0 aliphatic heterocycles. The Labute approximate surface area is 131 Å². The van der Waals surface area contributed by atoms with Crippen molar-refractivity contribution in [3.8, 4) is 11.4 Å². The minimum absolute atomic E-state index is 0.483. The van der Waals surface area contributed by atoms with Crippen molar-refractivity contribution < 1.29 is 0 Å². The van der Waals surface area contributed by atoms with Gasteiger partial charge in [-0.3, -0.25) is 0 Å². The highest BCUT2D eigenvalue weighted by Gasteiger charge is 2.08. The summed E-state index contributed by atoms with van der Waals surface area (Å²) in [5.74, 6) is 0.656. The van der Waals surface area contributed by atoms with Crippen LogP contribution in [-0.4, -0.2) is 9.97 Å². The maximum absolute atomic E-state index is 6.26. The monoisotopic (exact) mass is 346 g/mol. The van der Waals surface area contributed by atoms with E-state index < -0.39 is 0 Å². The molecule has 0 radical (unpaired) electrons. The second-order valence-corrected chi connectivity index (χ2v) is 5.82. The molecule has 0 N–H and O–H groups in total. The summed E-state index contributed by atoms with van der Waals surface area (Å²) in [6, 6.07) is 14.1. The van der Waals surface area contributed by atoms with E-state index in [4.69, 9.17) is 11.6 Å². The Kier molecular flexibility index (Phi) is 3.72. The van der Waals surface area contributed by atoms with Gasteiger partial charge < -0.3 is 0 Å². The minimum Gasteiger partial charge on any atom is -0.228 e. The van der Waals surface area contributed by atoms with Gasteiger partial charge in [0.1, 0.15) is 5.15 Å². The lowest BCUT2D eigenvalue weighted by Crippen LogP contribution is -1.92. The summed E-state index contributed by atoms with van der Waals surface area (Å²) in [7, 11) is 0. The van der Waals surface area contributed by atoms with Gasteiger partial charge >= 0.3 is 0 Å². The maximum Gasteiger partial charge on any atom is 0.161 e. The number of benzene rings is 2. The van der Waals surface area contributed by atoms with Crippen LogP contribution in [-0.2, 0) is 6.42 Å². The Bertz CT molecular complexity index is 769. The van der Waals surface area contributed by atoms with Gasteiger partial charge in [-0.05, 0) is 30.2 Å². The molecule has 0 bridgehead atoms. The van der Waals surface area contributed by atoms with Crippen LogP contribution in [0.4, 0.5) is 0 Å². The summed E-state index contributed by atoms with van der Waals surface area (Å²) in [4.78, 5) is 8.99. The average molecular weight is 348 g/mol. The van der Waals surface area contributed by atoms with Crippen LogP contribution in [0.15, 0.2) is 46.9 Å². The van der Waals surface area contributed by atoms with Crippen LogP contribution in [0, 0.1) is 0 Å². The maximum atomic E-state index is 6.26. The van der Waals surface area contributed by atoms with Gasteiger partial charge in [-0.1, -0.05) is 58.7 Å². The lowest BCUT2D eigenvalue weighted by atomic mass is 10.1. The van der Waals surface area contributed by atoms with Crippen LogP contribution in [0.25, 0.3) is 22.3 Å². The topological polar surface area (TPSA) is 25.8 Å². The normalized spacial score (nSPS) is 10.9. The molecule has 3 aromatic rings. The predicted molar refractivity (Wildman–Crippen MR) is 87.1 cm³/mol. The van der Waals surface area contributed by atoms with Gasteiger partial charge in [0.2, 0.25) is 0 Å². The zero-order valence-corrected chi connectivity index (χ0v) is 13.2. The molecule has 0 amide bonds. The van der Waals surface area contributed by atoms with Gasteiger partial charge in [-0.2, -0.15) is 0 Å². The number of rotatable bonds is 2. The quantitative estimate of drug-likeness (QED) is 0.590. The summed E-state index contributed by atoms with van der Waals surface area (Å²) in [6.45, 7) is 2.13. The Morgan fingerprint density at radius 1 is 1.05 bits per heavy atom. The van der Waals surface area contributed by atoms with Crippen molar-refractivity contribution in [1.82, 2.24) is 9.97 Å². The largest absolute Gasteiger partial charge is 0.228 e. The Hall–Kier alpha value is -1.45. The molecule has 0 aliphatic rings. The Morgan fingerprint density at radius 3 is 2.50 bits per heavy atom. The van der Waals surface area contributed by atoms with E-state index in [1.165, 1.54) is 5.56 Å². The van der Waals surface area contributed by atoms with Gasteiger partial charge in [-0.15, -0.1) is 0 Å². The zero-order chi connectivity index (χ0) is 14.1. The lowest BCUT2D eigenvalue weighted by Gasteiger charge is -2.06. The number of nitrogens with zero attached hydrogens (tertiary/aromatic N) is 2. The Balaban J connectivity index is 2.15. The van der Waals surface area contributed by atoms with Gasteiger partial charge in [0, 0.05) is 15.4 Å². The van der Waals surface area contributed by atoms with Crippen LogP contribution in [0.5, 0.6) is 0 Å². The van der Waals surface area contributed by atoms with Crippen molar-refractivity contribution in [2.75, 3.05) is 0 Å². The second kappa shape index (κ2) is 5.51. The first-order chi connectivity index (χ1) is 9.67. The molecule has 0 saturated carbocycles. The molecule has 0 saturated heterocycles. The number of halogens is 2. The van der Waals surface area contributed by atoms with Crippen molar-refractivity contribution in [2.24, 2.45) is 0 Å². The van der Waals surface area contributed by atoms with Crippen LogP contribution in [0.3, 0.4) is 0 Å². The fraction of sp³-hybridized carbons (Fsp3) is 0.125. The van der Waals surface area contributed by atoms with E-state index in [-0.39, 0.29) is 0 Å². The molecule has 0 atom stereocenters. The summed E-state index contributed by atoms with van der Waals surface area (Å²) in [6.07, 6.45) is 1.02. The lowest BCUT2D eigenvalue weighted by molar-refractivity contribution is 1.14. The fourth-order valence-corrected chi connectivity index (χ4v) is 2.67. The third-order valence-electron chi connectivity index (χ3n) is 3.23. The number of aryl methyl sites for hydroxylation is 1. The molecule has 20 heavy (non-hydrogen) atoms. The Morgan fingerprint density at radius 2 is 1.80 bits per heavy atom. The van der Waals surface area contributed by atoms with E-state index in [2.05, 4.69) is 45.0 Å². The van der Waals surface area contributed by atoms with Crippen LogP contribution in [0.1, 0.15) is 12.5 Å². The number of hydrogen-bond donors (Lipinski definition) is 0. The van der Waals surface area contributed by atoms with Crippen molar-refractivity contribution in [2.45, 2.75) is 13.3 Å². The SMILES string of the molecule is CCc1ccc(-c2nc(Cl)c3ccc(Br)cc3n2)cc1. The van der Waals surface area contributed by atoms with Gasteiger partial charge in [-0.25, -0.2) is 9.97 Å². The smallest absolute Gasteiger partial charge is 0.161 e. The molecule has 2 nitrogen and oxygen atoms in total. The van der Waals surface area contributed by atoms with E-state index in [1.54, 1.807) is 0 Å². The molecule has 0 aliphatic carbocycles. The molecule has 3 rings (SSSR count). The average Bonchev–Trinajstić information content (AvgIpc) is 2.46. The molecular weight excluding hydrogens is 336 g/mol. The summed E-state index contributed by atoms with van der Waals surface area (Å²) >= 11 is 9.71. The molecule has 1 aromatic heterocycles. The molecule has 100 valence electrons. The van der Waals surface area contributed by atoms with Crippen molar-refractivity contribution in [3.63, 3.8) is 0 Å². The fourth-order valence-electron chi connectivity index (χ4n) is 2.08. The van der Waals surface area contributed by atoms with E-state index in [9.17, 15) is 0 Å². The van der Waals surface area contributed by atoms with E-state index in [0.717, 1.165) is 27.4 Å². The highest BCUT2D eigenvalue weighted by molar-refractivity contribution is 9.10. The molecular formula is C16H12BrClN2. The summed E-state index contributed by atoms with van der Waals surface area (Å²) in [5.41, 5.74) is 3.11. The van der Waals surface area contributed by atoms with Gasteiger partial charge in [0.15, 0.2) is 5.82 Å². The first kappa shape index (κ1) is 13.5. The van der Waals surface area contributed by atoms with Crippen LogP contribution < -0.4 is 0 Å². The first-order valence-corrected chi connectivity index (χ1v) is 7.56. The van der Waals surface area contributed by atoms with E-state index >= 15 is 0 Å². The second-order valence-electron chi connectivity index (χ2n) is 4.55. The molecule has 0 fully saturated rings. The summed E-state index contributed by atoms with van der Waals surface area (Å²) in [5, 5.41) is 1.35.